The highest BCUT2D eigenvalue weighted by molar-refractivity contribution is 9.10. The largest absolute Gasteiger partial charge is 0.573 e. The van der Waals surface area contributed by atoms with Crippen molar-refractivity contribution in [2.45, 2.75) is 6.36 Å². The minimum absolute atomic E-state index is 0.0329. The summed E-state index contributed by atoms with van der Waals surface area (Å²) in [6.07, 6.45) is -4.71. The summed E-state index contributed by atoms with van der Waals surface area (Å²) in [5, 5.41) is 0. The molecule has 0 aliphatic rings. The third-order valence-electron chi connectivity index (χ3n) is 1.35. The Balaban J connectivity index is 2.99. The molecule has 0 saturated heterocycles. The maximum absolute atomic E-state index is 11.9. The van der Waals surface area contributed by atoms with Crippen LogP contribution in [0.3, 0.4) is 0 Å². The van der Waals surface area contributed by atoms with E-state index < -0.39 is 6.36 Å². The Morgan fingerprint density at radius 1 is 1.21 bits per heavy atom. The highest BCUT2D eigenvalue weighted by Crippen LogP contribution is 2.34. The maximum Gasteiger partial charge on any atom is 0.573 e. The van der Waals surface area contributed by atoms with Gasteiger partial charge in [-0.2, -0.15) is 0 Å². The summed E-state index contributed by atoms with van der Waals surface area (Å²) in [4.78, 5) is 0. The van der Waals surface area contributed by atoms with Crippen molar-refractivity contribution in [3.63, 3.8) is 0 Å². The van der Waals surface area contributed by atoms with Gasteiger partial charge in [-0.3, -0.25) is 0 Å². The third kappa shape index (κ3) is 3.10. The molecule has 0 spiro atoms. The summed E-state index contributed by atoms with van der Waals surface area (Å²) in [6.45, 7) is 0. The van der Waals surface area contributed by atoms with Crippen LogP contribution in [0, 0.1) is 0 Å². The second-order valence-electron chi connectivity index (χ2n) is 2.34. The molecule has 6 heteroatoms. The summed E-state index contributed by atoms with van der Waals surface area (Å²) >= 11 is 3.03. The van der Waals surface area contributed by atoms with Gasteiger partial charge >= 0.3 is 6.36 Å². The molecule has 0 bridgehead atoms. The van der Waals surface area contributed by atoms with Crippen LogP contribution in [-0.2, 0) is 0 Å². The average molecular weight is 271 g/mol. The lowest BCUT2D eigenvalue weighted by Crippen LogP contribution is -2.17. The molecule has 0 aliphatic heterocycles. The number of ether oxygens (including phenoxy) is 2. The van der Waals surface area contributed by atoms with Gasteiger partial charge in [-0.1, -0.05) is 15.9 Å². The number of hydrogen-bond donors (Lipinski definition) is 0. The molecule has 0 atom stereocenters. The molecule has 14 heavy (non-hydrogen) atoms. The van der Waals surface area contributed by atoms with Gasteiger partial charge in [0.05, 0.1) is 7.11 Å². The summed E-state index contributed by atoms with van der Waals surface area (Å²) in [7, 11) is 1.27. The highest BCUT2D eigenvalue weighted by atomic mass is 79.9. The van der Waals surface area contributed by atoms with Crippen molar-refractivity contribution in [2.24, 2.45) is 0 Å². The average Bonchev–Trinajstić information content (AvgIpc) is 2.01. The third-order valence-corrected chi connectivity index (χ3v) is 1.84. The van der Waals surface area contributed by atoms with Crippen LogP contribution >= 0.6 is 15.9 Å². The lowest BCUT2D eigenvalue weighted by Gasteiger charge is -2.12. The number of halogens is 4. The molecule has 1 rings (SSSR count). The van der Waals surface area contributed by atoms with E-state index in [1.165, 1.54) is 19.2 Å². The molecular formula is C8H6BrF3O2. The zero-order valence-corrected chi connectivity index (χ0v) is 8.65. The Morgan fingerprint density at radius 3 is 2.36 bits per heavy atom. The Labute approximate surface area is 86.8 Å². The van der Waals surface area contributed by atoms with E-state index in [4.69, 9.17) is 4.74 Å². The first-order valence-electron chi connectivity index (χ1n) is 3.51. The number of benzene rings is 1. The topological polar surface area (TPSA) is 18.5 Å². The van der Waals surface area contributed by atoms with Crippen LogP contribution in [0.15, 0.2) is 22.7 Å². The molecule has 78 valence electrons. The lowest BCUT2D eigenvalue weighted by atomic mass is 10.3. The SMILES string of the molecule is COc1ccc(Br)cc1OC(F)(F)F. The first kappa shape index (κ1) is 11.2. The van der Waals surface area contributed by atoms with Gasteiger partial charge in [0.15, 0.2) is 11.5 Å². The monoisotopic (exact) mass is 270 g/mol. The molecule has 2 nitrogen and oxygen atoms in total. The highest BCUT2D eigenvalue weighted by Gasteiger charge is 2.32. The van der Waals surface area contributed by atoms with Gasteiger partial charge in [0.25, 0.3) is 0 Å². The van der Waals surface area contributed by atoms with Crippen molar-refractivity contribution >= 4 is 15.9 Å². The van der Waals surface area contributed by atoms with Crippen molar-refractivity contribution in [2.75, 3.05) is 7.11 Å². The number of alkyl halides is 3. The van der Waals surface area contributed by atoms with Crippen LogP contribution in [0.5, 0.6) is 11.5 Å². The van der Waals surface area contributed by atoms with E-state index in [2.05, 4.69) is 20.7 Å². The molecular weight excluding hydrogens is 265 g/mol. The molecule has 1 aromatic rings. The van der Waals surface area contributed by atoms with Crippen LogP contribution in [0.25, 0.3) is 0 Å². The maximum atomic E-state index is 11.9. The zero-order valence-electron chi connectivity index (χ0n) is 7.06. The summed E-state index contributed by atoms with van der Waals surface area (Å²) in [5.41, 5.74) is 0. The van der Waals surface area contributed by atoms with Crippen molar-refractivity contribution in [3.8, 4) is 11.5 Å². The molecule has 0 aliphatic carbocycles. The van der Waals surface area contributed by atoms with Gasteiger partial charge in [0.1, 0.15) is 0 Å². The second-order valence-corrected chi connectivity index (χ2v) is 3.26. The molecule has 0 heterocycles. The van der Waals surface area contributed by atoms with Crippen molar-refractivity contribution in [1.29, 1.82) is 0 Å². The predicted octanol–water partition coefficient (Wildman–Crippen LogP) is 3.36. The smallest absolute Gasteiger partial charge is 0.493 e. The van der Waals surface area contributed by atoms with E-state index in [9.17, 15) is 13.2 Å². The fourth-order valence-electron chi connectivity index (χ4n) is 0.855. The fraction of sp³-hybridized carbons (Fsp3) is 0.250. The summed E-state index contributed by atoms with van der Waals surface area (Å²) < 4.78 is 44.6. The van der Waals surface area contributed by atoms with Gasteiger partial charge in [-0.25, -0.2) is 0 Å². The molecule has 1 aromatic carbocycles. The minimum atomic E-state index is -4.71. The van der Waals surface area contributed by atoms with Crippen LogP contribution < -0.4 is 9.47 Å². The van der Waals surface area contributed by atoms with E-state index in [0.29, 0.717) is 4.47 Å². The molecule has 0 saturated carbocycles. The first-order chi connectivity index (χ1) is 6.42. The van der Waals surface area contributed by atoms with E-state index in [1.54, 1.807) is 6.07 Å². The standard InChI is InChI=1S/C8H6BrF3O2/c1-13-6-3-2-5(9)4-7(6)14-8(10,11)12/h2-4H,1H3. The van der Waals surface area contributed by atoms with Crippen LogP contribution in [0.2, 0.25) is 0 Å². The Bertz CT molecular complexity index is 325. The molecule has 0 unspecified atom stereocenters. The molecule has 0 aromatic heterocycles. The van der Waals surface area contributed by atoms with Gasteiger partial charge in [-0.05, 0) is 18.2 Å². The Hall–Kier alpha value is -0.910. The van der Waals surface area contributed by atoms with Crippen LogP contribution in [0.4, 0.5) is 13.2 Å². The van der Waals surface area contributed by atoms with E-state index in [-0.39, 0.29) is 11.5 Å². The van der Waals surface area contributed by atoms with E-state index in [0.717, 1.165) is 0 Å². The Kier molecular flexibility index (Phi) is 3.25. The van der Waals surface area contributed by atoms with E-state index in [1.807, 2.05) is 0 Å². The Morgan fingerprint density at radius 2 is 1.86 bits per heavy atom. The number of hydrogen-bond acceptors (Lipinski definition) is 2. The molecule has 0 amide bonds. The minimum Gasteiger partial charge on any atom is -0.493 e. The van der Waals surface area contributed by atoms with Gasteiger partial charge < -0.3 is 9.47 Å². The van der Waals surface area contributed by atoms with Crippen molar-refractivity contribution in [1.82, 2.24) is 0 Å². The number of methoxy groups -OCH3 is 1. The predicted molar refractivity (Wildman–Crippen MR) is 47.4 cm³/mol. The van der Waals surface area contributed by atoms with Crippen LogP contribution in [0.1, 0.15) is 0 Å². The lowest BCUT2D eigenvalue weighted by molar-refractivity contribution is -0.275. The van der Waals surface area contributed by atoms with Gasteiger partial charge in [0.2, 0.25) is 0 Å². The molecule has 0 radical (unpaired) electrons. The first-order valence-corrected chi connectivity index (χ1v) is 4.31. The fourth-order valence-corrected chi connectivity index (χ4v) is 1.20. The van der Waals surface area contributed by atoms with E-state index >= 15 is 0 Å². The second kappa shape index (κ2) is 4.08. The number of rotatable bonds is 2. The normalized spacial score (nSPS) is 11.2. The van der Waals surface area contributed by atoms with Crippen LogP contribution in [-0.4, -0.2) is 13.5 Å². The van der Waals surface area contributed by atoms with Crippen molar-refractivity contribution < 1.29 is 22.6 Å². The summed E-state index contributed by atoms with van der Waals surface area (Å²) in [5.74, 6) is -0.333. The molecule has 0 N–H and O–H groups in total. The van der Waals surface area contributed by atoms with Gasteiger partial charge in [-0.15, -0.1) is 13.2 Å². The quantitative estimate of drug-likeness (QED) is 0.821. The zero-order chi connectivity index (χ0) is 10.8. The van der Waals surface area contributed by atoms with Gasteiger partial charge in [0, 0.05) is 4.47 Å². The summed E-state index contributed by atoms with van der Waals surface area (Å²) in [6, 6.07) is 4.12. The molecule has 0 fully saturated rings. The van der Waals surface area contributed by atoms with Crippen molar-refractivity contribution in [3.05, 3.63) is 22.7 Å².